The highest BCUT2D eigenvalue weighted by atomic mass is 16.2. The Hall–Kier alpha value is -1.88. The second kappa shape index (κ2) is 18.4. The number of hydrogen-bond donors (Lipinski definition) is 2. The van der Waals surface area contributed by atoms with Crippen LogP contribution in [0.5, 0.6) is 0 Å². The van der Waals surface area contributed by atoms with Crippen molar-refractivity contribution >= 4 is 11.8 Å². The predicted molar refractivity (Wildman–Crippen MR) is 146 cm³/mol. The first-order valence-electron chi connectivity index (χ1n) is 14.5. The van der Waals surface area contributed by atoms with E-state index in [9.17, 15) is 9.59 Å². The Bertz CT molecular complexity index is 721. The summed E-state index contributed by atoms with van der Waals surface area (Å²) in [7, 11) is 0. The molecule has 198 valence electrons. The van der Waals surface area contributed by atoms with Crippen LogP contribution in [0.2, 0.25) is 0 Å². The third-order valence-corrected chi connectivity index (χ3v) is 7.30. The highest BCUT2D eigenvalue weighted by molar-refractivity contribution is 5.88. The number of carbonyl (C=O) groups is 2. The lowest BCUT2D eigenvalue weighted by Crippen LogP contribution is -2.52. The zero-order valence-corrected chi connectivity index (χ0v) is 22.4. The number of amides is 2. The van der Waals surface area contributed by atoms with Gasteiger partial charge in [0.25, 0.3) is 0 Å². The first-order valence-corrected chi connectivity index (χ1v) is 14.5. The van der Waals surface area contributed by atoms with E-state index in [1.54, 1.807) is 0 Å². The van der Waals surface area contributed by atoms with Crippen molar-refractivity contribution in [3.8, 4) is 0 Å². The van der Waals surface area contributed by atoms with Gasteiger partial charge in [-0.1, -0.05) is 108 Å². The van der Waals surface area contributed by atoms with Crippen molar-refractivity contribution in [1.82, 2.24) is 10.2 Å². The zero-order chi connectivity index (χ0) is 25.1. The first kappa shape index (κ1) is 29.4. The van der Waals surface area contributed by atoms with Gasteiger partial charge in [-0.15, -0.1) is 0 Å². The van der Waals surface area contributed by atoms with Crippen LogP contribution in [0.25, 0.3) is 0 Å². The number of carbonyl (C=O) groups excluding carboxylic acids is 2. The maximum atomic E-state index is 13.2. The van der Waals surface area contributed by atoms with Crippen LogP contribution in [-0.2, 0) is 22.6 Å². The third-order valence-electron chi connectivity index (χ3n) is 7.30. The maximum absolute atomic E-state index is 13.2. The molecule has 0 radical (unpaired) electrons. The van der Waals surface area contributed by atoms with Gasteiger partial charge in [0, 0.05) is 25.9 Å². The molecule has 0 fully saturated rings. The average Bonchev–Trinajstić information content (AvgIpc) is 2.88. The quantitative estimate of drug-likeness (QED) is 0.227. The predicted octanol–water partition coefficient (Wildman–Crippen LogP) is 6.28. The van der Waals surface area contributed by atoms with Gasteiger partial charge in [-0.3, -0.25) is 9.59 Å². The molecule has 0 aliphatic carbocycles. The summed E-state index contributed by atoms with van der Waals surface area (Å²) in [5, 5.41) is 3.11. The summed E-state index contributed by atoms with van der Waals surface area (Å²) in [6.07, 6.45) is 19.2. The van der Waals surface area contributed by atoms with Crippen molar-refractivity contribution in [2.75, 3.05) is 13.1 Å². The molecule has 35 heavy (non-hydrogen) atoms. The van der Waals surface area contributed by atoms with Gasteiger partial charge in [0.1, 0.15) is 6.04 Å². The Morgan fingerprint density at radius 1 is 0.829 bits per heavy atom. The zero-order valence-electron chi connectivity index (χ0n) is 22.4. The second-order valence-electron chi connectivity index (χ2n) is 10.3. The van der Waals surface area contributed by atoms with E-state index in [-0.39, 0.29) is 11.8 Å². The largest absolute Gasteiger partial charge is 0.354 e. The van der Waals surface area contributed by atoms with Crippen molar-refractivity contribution in [2.24, 2.45) is 5.73 Å². The summed E-state index contributed by atoms with van der Waals surface area (Å²) >= 11 is 0. The number of unbranched alkanes of at least 4 members (excludes halogenated alkanes) is 13. The number of hydrogen-bond acceptors (Lipinski definition) is 3. The topological polar surface area (TPSA) is 75.4 Å². The summed E-state index contributed by atoms with van der Waals surface area (Å²) < 4.78 is 0. The van der Waals surface area contributed by atoms with Gasteiger partial charge in [-0.05, 0) is 36.9 Å². The molecule has 1 heterocycles. The lowest BCUT2D eigenvalue weighted by atomic mass is 9.93. The number of benzene rings is 1. The molecule has 2 amide bonds. The van der Waals surface area contributed by atoms with Gasteiger partial charge >= 0.3 is 0 Å². The second-order valence-corrected chi connectivity index (χ2v) is 10.3. The normalized spacial score (nSPS) is 15.1. The minimum Gasteiger partial charge on any atom is -0.354 e. The van der Waals surface area contributed by atoms with Gasteiger partial charge in [0.05, 0.1) is 0 Å². The summed E-state index contributed by atoms with van der Waals surface area (Å²) in [5.41, 5.74) is 7.92. The highest BCUT2D eigenvalue weighted by Crippen LogP contribution is 2.25. The van der Waals surface area contributed by atoms with Crippen molar-refractivity contribution in [3.05, 3.63) is 35.4 Å². The lowest BCUT2D eigenvalue weighted by Gasteiger charge is -2.36. The Balaban J connectivity index is 1.75. The molecule has 3 N–H and O–H groups in total. The molecule has 1 aromatic rings. The van der Waals surface area contributed by atoms with Gasteiger partial charge in [0.2, 0.25) is 11.8 Å². The Morgan fingerprint density at radius 2 is 1.40 bits per heavy atom. The summed E-state index contributed by atoms with van der Waals surface area (Å²) in [6, 6.07) is 7.84. The van der Waals surface area contributed by atoms with Crippen LogP contribution >= 0.6 is 0 Å². The van der Waals surface area contributed by atoms with Crippen LogP contribution in [-0.4, -0.2) is 35.8 Å². The molecule has 1 aromatic carbocycles. The van der Waals surface area contributed by atoms with Crippen LogP contribution in [0.15, 0.2) is 24.3 Å². The SMILES string of the molecule is CCCCCCCCCCCCC(=O)N1Cc2ccccc2CC1C(=O)NCCCCCCCN. The number of nitrogens with two attached hydrogens (primary N) is 1. The molecule has 0 spiro atoms. The van der Waals surface area contributed by atoms with Crippen molar-refractivity contribution < 1.29 is 9.59 Å². The molecule has 0 saturated carbocycles. The molecule has 1 atom stereocenters. The van der Waals surface area contributed by atoms with E-state index in [4.69, 9.17) is 5.73 Å². The van der Waals surface area contributed by atoms with Crippen molar-refractivity contribution in [2.45, 2.75) is 129 Å². The van der Waals surface area contributed by atoms with E-state index in [0.717, 1.165) is 51.5 Å². The van der Waals surface area contributed by atoms with Gasteiger partial charge in [0.15, 0.2) is 0 Å². The van der Waals surface area contributed by atoms with Crippen LogP contribution < -0.4 is 11.1 Å². The minimum absolute atomic E-state index is 0.00196. The van der Waals surface area contributed by atoms with Crippen molar-refractivity contribution in [3.63, 3.8) is 0 Å². The van der Waals surface area contributed by atoms with E-state index < -0.39 is 6.04 Å². The van der Waals surface area contributed by atoms with Crippen LogP contribution in [0.1, 0.15) is 121 Å². The third kappa shape index (κ3) is 11.6. The summed E-state index contributed by atoms with van der Waals surface area (Å²) in [6.45, 7) is 4.23. The van der Waals surface area contributed by atoms with E-state index in [1.807, 2.05) is 17.0 Å². The van der Waals surface area contributed by atoms with Crippen LogP contribution in [0, 0.1) is 0 Å². The first-order chi connectivity index (χ1) is 17.2. The molecule has 1 unspecified atom stereocenters. The molecule has 2 rings (SSSR count). The van der Waals surface area contributed by atoms with Crippen LogP contribution in [0.3, 0.4) is 0 Å². The Labute approximate surface area is 214 Å². The number of nitrogens with one attached hydrogen (secondary N) is 1. The van der Waals surface area contributed by atoms with Gasteiger partial charge in [-0.25, -0.2) is 0 Å². The molecule has 0 bridgehead atoms. The minimum atomic E-state index is -0.391. The molecule has 0 saturated heterocycles. The highest BCUT2D eigenvalue weighted by Gasteiger charge is 2.33. The van der Waals surface area contributed by atoms with Gasteiger partial charge < -0.3 is 16.0 Å². The fourth-order valence-corrected chi connectivity index (χ4v) is 5.06. The van der Waals surface area contributed by atoms with E-state index in [2.05, 4.69) is 24.4 Å². The fraction of sp³-hybridized carbons (Fsp3) is 0.733. The maximum Gasteiger partial charge on any atom is 0.243 e. The Morgan fingerprint density at radius 3 is 2.06 bits per heavy atom. The fourth-order valence-electron chi connectivity index (χ4n) is 5.06. The molecule has 1 aliphatic rings. The standard InChI is InChI=1S/C30H51N3O2/c1-2-3-4-5-6-7-8-9-11-14-21-29(34)33-25-27-20-16-15-19-26(27)24-28(33)30(35)32-23-18-13-10-12-17-22-31/h15-16,19-20,28H,2-14,17-18,21-25,31H2,1H3,(H,32,35). The molecule has 5 heteroatoms. The smallest absolute Gasteiger partial charge is 0.243 e. The average molecular weight is 486 g/mol. The monoisotopic (exact) mass is 485 g/mol. The summed E-state index contributed by atoms with van der Waals surface area (Å²) in [4.78, 5) is 28.1. The molecule has 5 nitrogen and oxygen atoms in total. The van der Waals surface area contributed by atoms with Crippen LogP contribution in [0.4, 0.5) is 0 Å². The van der Waals surface area contributed by atoms with Crippen molar-refractivity contribution in [1.29, 1.82) is 0 Å². The molecule has 1 aliphatic heterocycles. The molecular formula is C30H51N3O2. The summed E-state index contributed by atoms with van der Waals surface area (Å²) in [5.74, 6) is 0.124. The molecular weight excluding hydrogens is 434 g/mol. The Kier molecular flexibility index (Phi) is 15.4. The van der Waals surface area contributed by atoms with Gasteiger partial charge in [-0.2, -0.15) is 0 Å². The van der Waals surface area contributed by atoms with E-state index in [0.29, 0.717) is 25.9 Å². The van der Waals surface area contributed by atoms with E-state index in [1.165, 1.54) is 62.5 Å². The molecule has 0 aromatic heterocycles. The number of rotatable bonds is 19. The number of nitrogens with zero attached hydrogens (tertiary/aromatic N) is 1. The lowest BCUT2D eigenvalue weighted by molar-refractivity contribution is -0.142. The van der Waals surface area contributed by atoms with E-state index >= 15 is 0 Å². The number of fused-ring (bicyclic) bond motifs is 1.